The molecule has 1 aromatic heterocycles. The summed E-state index contributed by atoms with van der Waals surface area (Å²) in [6.45, 7) is 0. The van der Waals surface area contributed by atoms with Crippen molar-refractivity contribution >= 4 is 5.69 Å². The molecule has 0 saturated heterocycles. The second-order valence-corrected chi connectivity index (χ2v) is 4.02. The van der Waals surface area contributed by atoms with Gasteiger partial charge in [0.25, 0.3) is 0 Å². The molecule has 1 heterocycles. The lowest BCUT2D eigenvalue weighted by molar-refractivity contribution is 0.219. The summed E-state index contributed by atoms with van der Waals surface area (Å²) in [7, 11) is 3.09. The zero-order valence-electron chi connectivity index (χ0n) is 10.8. The summed E-state index contributed by atoms with van der Waals surface area (Å²) in [4.78, 5) is 4.02. The number of aliphatic hydroxyl groups excluding tert-OH is 1. The molecule has 2 aromatic rings. The van der Waals surface area contributed by atoms with E-state index in [9.17, 15) is 5.11 Å². The Morgan fingerprint density at radius 1 is 1.21 bits per heavy atom. The standard InChI is InChI=1S/C14H16N2O3/c1-18-10-6-9(7-16-8-10)14(17)11-4-3-5-12(19-2)13(11)15/h3-8,14,17H,15H2,1-2H3. The molecule has 0 aliphatic heterocycles. The zero-order chi connectivity index (χ0) is 13.8. The second kappa shape index (κ2) is 5.58. The van der Waals surface area contributed by atoms with Gasteiger partial charge in [0, 0.05) is 17.3 Å². The van der Waals surface area contributed by atoms with E-state index in [0.717, 1.165) is 0 Å². The molecule has 0 saturated carbocycles. The maximum absolute atomic E-state index is 10.4. The summed E-state index contributed by atoms with van der Waals surface area (Å²) < 4.78 is 10.2. The molecule has 0 spiro atoms. The highest BCUT2D eigenvalue weighted by molar-refractivity contribution is 5.60. The van der Waals surface area contributed by atoms with E-state index < -0.39 is 6.10 Å². The van der Waals surface area contributed by atoms with Crippen LogP contribution in [0.3, 0.4) is 0 Å². The summed E-state index contributed by atoms with van der Waals surface area (Å²) in [6.07, 6.45) is 2.27. The third kappa shape index (κ3) is 2.61. The number of anilines is 1. The SMILES string of the molecule is COc1cncc(C(O)c2cccc(OC)c2N)c1. The quantitative estimate of drug-likeness (QED) is 0.819. The van der Waals surface area contributed by atoms with Crippen molar-refractivity contribution in [1.29, 1.82) is 0 Å². The number of rotatable bonds is 4. The molecule has 19 heavy (non-hydrogen) atoms. The number of hydrogen-bond acceptors (Lipinski definition) is 5. The van der Waals surface area contributed by atoms with Crippen LogP contribution in [-0.2, 0) is 0 Å². The summed E-state index contributed by atoms with van der Waals surface area (Å²) in [5.74, 6) is 1.12. The fourth-order valence-corrected chi connectivity index (χ4v) is 1.85. The van der Waals surface area contributed by atoms with E-state index >= 15 is 0 Å². The van der Waals surface area contributed by atoms with Crippen molar-refractivity contribution in [2.45, 2.75) is 6.10 Å². The van der Waals surface area contributed by atoms with E-state index in [-0.39, 0.29) is 0 Å². The maximum Gasteiger partial charge on any atom is 0.142 e. The average molecular weight is 260 g/mol. The van der Waals surface area contributed by atoms with Crippen LogP contribution in [0.4, 0.5) is 5.69 Å². The average Bonchev–Trinajstić information content (AvgIpc) is 2.47. The number of para-hydroxylation sites is 1. The van der Waals surface area contributed by atoms with Gasteiger partial charge in [0.1, 0.15) is 17.6 Å². The normalized spacial score (nSPS) is 11.9. The molecule has 5 nitrogen and oxygen atoms in total. The minimum atomic E-state index is -0.877. The molecule has 3 N–H and O–H groups in total. The molecule has 1 aromatic carbocycles. The Morgan fingerprint density at radius 2 is 2.00 bits per heavy atom. The first-order valence-electron chi connectivity index (χ1n) is 5.76. The number of hydrogen-bond donors (Lipinski definition) is 2. The van der Waals surface area contributed by atoms with Crippen LogP contribution in [0.15, 0.2) is 36.7 Å². The van der Waals surface area contributed by atoms with Crippen LogP contribution < -0.4 is 15.2 Å². The Bertz CT molecular complexity index is 572. The van der Waals surface area contributed by atoms with Gasteiger partial charge in [0.15, 0.2) is 0 Å². The predicted octanol–water partition coefficient (Wildman–Crippen LogP) is 1.76. The van der Waals surface area contributed by atoms with E-state index in [4.69, 9.17) is 15.2 Å². The third-order valence-electron chi connectivity index (χ3n) is 2.90. The van der Waals surface area contributed by atoms with Gasteiger partial charge in [-0.1, -0.05) is 12.1 Å². The van der Waals surface area contributed by atoms with E-state index in [2.05, 4.69) is 4.98 Å². The molecule has 0 fully saturated rings. The lowest BCUT2D eigenvalue weighted by Gasteiger charge is -2.16. The van der Waals surface area contributed by atoms with Gasteiger partial charge < -0.3 is 20.3 Å². The second-order valence-electron chi connectivity index (χ2n) is 4.02. The van der Waals surface area contributed by atoms with Crippen LogP contribution in [0.5, 0.6) is 11.5 Å². The monoisotopic (exact) mass is 260 g/mol. The molecule has 0 aliphatic carbocycles. The lowest BCUT2D eigenvalue weighted by atomic mass is 10.0. The van der Waals surface area contributed by atoms with Gasteiger partial charge in [-0.3, -0.25) is 4.98 Å². The largest absolute Gasteiger partial charge is 0.495 e. The number of aromatic nitrogens is 1. The van der Waals surface area contributed by atoms with Crippen LogP contribution in [-0.4, -0.2) is 24.3 Å². The number of methoxy groups -OCH3 is 2. The van der Waals surface area contributed by atoms with E-state index in [1.807, 2.05) is 0 Å². The fraction of sp³-hybridized carbons (Fsp3) is 0.214. The van der Waals surface area contributed by atoms with Crippen molar-refractivity contribution in [3.8, 4) is 11.5 Å². The Labute approximate surface area is 111 Å². The molecule has 0 aliphatic rings. The zero-order valence-corrected chi connectivity index (χ0v) is 10.8. The van der Waals surface area contributed by atoms with Gasteiger partial charge in [-0.05, 0) is 12.1 Å². The van der Waals surface area contributed by atoms with Crippen LogP contribution in [0.2, 0.25) is 0 Å². The molecule has 1 atom stereocenters. The minimum absolute atomic E-state index is 0.417. The van der Waals surface area contributed by atoms with Crippen LogP contribution in [0.25, 0.3) is 0 Å². The predicted molar refractivity (Wildman–Crippen MR) is 72.3 cm³/mol. The van der Waals surface area contributed by atoms with Gasteiger partial charge in [-0.15, -0.1) is 0 Å². The van der Waals surface area contributed by atoms with Crippen LogP contribution >= 0.6 is 0 Å². The van der Waals surface area contributed by atoms with E-state index in [1.54, 1.807) is 43.8 Å². The first kappa shape index (κ1) is 13.2. The molecular formula is C14H16N2O3. The molecule has 100 valence electrons. The van der Waals surface area contributed by atoms with Crippen LogP contribution in [0.1, 0.15) is 17.2 Å². The fourth-order valence-electron chi connectivity index (χ4n) is 1.85. The summed E-state index contributed by atoms with van der Waals surface area (Å²) >= 11 is 0. The topological polar surface area (TPSA) is 77.6 Å². The van der Waals surface area contributed by atoms with Crippen molar-refractivity contribution in [1.82, 2.24) is 4.98 Å². The number of nitrogen functional groups attached to an aromatic ring is 1. The van der Waals surface area contributed by atoms with Crippen molar-refractivity contribution < 1.29 is 14.6 Å². The highest BCUT2D eigenvalue weighted by Crippen LogP contribution is 2.33. The number of benzene rings is 1. The lowest BCUT2D eigenvalue weighted by Crippen LogP contribution is -2.05. The Kier molecular flexibility index (Phi) is 3.87. The van der Waals surface area contributed by atoms with Crippen LogP contribution in [0, 0.1) is 0 Å². The Balaban J connectivity index is 2.40. The van der Waals surface area contributed by atoms with E-state index in [0.29, 0.717) is 28.3 Å². The molecule has 1 unspecified atom stereocenters. The highest BCUT2D eigenvalue weighted by Gasteiger charge is 2.16. The molecule has 0 bridgehead atoms. The van der Waals surface area contributed by atoms with Gasteiger partial charge in [-0.25, -0.2) is 0 Å². The van der Waals surface area contributed by atoms with Crippen molar-refractivity contribution in [2.75, 3.05) is 20.0 Å². The van der Waals surface area contributed by atoms with Crippen molar-refractivity contribution in [3.05, 3.63) is 47.8 Å². The number of pyridine rings is 1. The smallest absolute Gasteiger partial charge is 0.142 e. The first-order chi connectivity index (χ1) is 9.17. The van der Waals surface area contributed by atoms with Crippen molar-refractivity contribution in [2.24, 2.45) is 0 Å². The van der Waals surface area contributed by atoms with Gasteiger partial charge in [0.05, 0.1) is 26.1 Å². The third-order valence-corrected chi connectivity index (χ3v) is 2.90. The minimum Gasteiger partial charge on any atom is -0.495 e. The number of ether oxygens (including phenoxy) is 2. The molecule has 2 rings (SSSR count). The van der Waals surface area contributed by atoms with Gasteiger partial charge >= 0.3 is 0 Å². The maximum atomic E-state index is 10.4. The first-order valence-corrected chi connectivity index (χ1v) is 5.76. The Hall–Kier alpha value is -2.27. The number of nitrogens with two attached hydrogens (primary N) is 1. The summed E-state index contributed by atoms with van der Waals surface area (Å²) in [6, 6.07) is 7.00. The Morgan fingerprint density at radius 3 is 2.68 bits per heavy atom. The summed E-state index contributed by atoms with van der Waals surface area (Å²) in [5.41, 5.74) is 7.57. The molecular weight excluding hydrogens is 244 g/mol. The summed E-state index contributed by atoms with van der Waals surface area (Å²) in [5, 5.41) is 10.4. The molecule has 0 amide bonds. The highest BCUT2D eigenvalue weighted by atomic mass is 16.5. The molecule has 0 radical (unpaired) electrons. The number of nitrogens with zero attached hydrogens (tertiary/aromatic N) is 1. The molecule has 5 heteroatoms. The van der Waals surface area contributed by atoms with E-state index in [1.165, 1.54) is 7.11 Å². The van der Waals surface area contributed by atoms with Crippen molar-refractivity contribution in [3.63, 3.8) is 0 Å². The van der Waals surface area contributed by atoms with Gasteiger partial charge in [0.2, 0.25) is 0 Å². The number of aliphatic hydroxyl groups is 1. The van der Waals surface area contributed by atoms with Gasteiger partial charge in [-0.2, -0.15) is 0 Å².